The van der Waals surface area contributed by atoms with Crippen molar-refractivity contribution in [3.63, 3.8) is 0 Å². The first-order valence-corrected chi connectivity index (χ1v) is 12.9. The largest absolute Gasteiger partial charge is 0.416 e. The molecule has 4 rings (SSSR count). The zero-order valence-corrected chi connectivity index (χ0v) is 22.5. The molecule has 1 N–H and O–H groups in total. The minimum atomic E-state index is -4.65. The van der Waals surface area contributed by atoms with E-state index in [2.05, 4.69) is 20.7 Å². The van der Waals surface area contributed by atoms with Crippen LogP contribution in [0.25, 0.3) is 11.4 Å². The maximum atomic E-state index is 13.8. The summed E-state index contributed by atoms with van der Waals surface area (Å²) in [5.74, 6) is -0.944. The van der Waals surface area contributed by atoms with E-state index in [1.54, 1.807) is 38.3 Å². The van der Waals surface area contributed by atoms with Crippen LogP contribution in [0, 0.1) is 6.92 Å². The highest BCUT2D eigenvalue weighted by Gasteiger charge is 2.37. The number of amides is 2. The number of carbonyl (C=O) groups excluding carboxylic acids is 2. The quantitative estimate of drug-likeness (QED) is 0.328. The Bertz CT molecular complexity index is 1440. The van der Waals surface area contributed by atoms with Crippen molar-refractivity contribution in [3.05, 3.63) is 82.0 Å². The first kappa shape index (κ1) is 28.0. The number of nitrogens with one attached hydrogen (secondary N) is 1. The van der Waals surface area contributed by atoms with Crippen molar-refractivity contribution in [2.45, 2.75) is 52.0 Å². The number of halogens is 3. The molecule has 0 saturated carbocycles. The molecule has 12 heteroatoms. The lowest BCUT2D eigenvalue weighted by Crippen LogP contribution is -2.50. The van der Waals surface area contributed by atoms with Gasteiger partial charge in [-0.3, -0.25) is 14.5 Å². The number of hydrogen-bond acceptors (Lipinski definition) is 6. The second kappa shape index (κ2) is 11.0. The minimum Gasteiger partial charge on any atom is -0.349 e. The van der Waals surface area contributed by atoms with Gasteiger partial charge in [-0.15, -0.1) is 21.5 Å². The molecule has 0 saturated heterocycles. The third-order valence-corrected chi connectivity index (χ3v) is 6.50. The molecular weight excluding hydrogens is 529 g/mol. The number of benzene rings is 2. The highest BCUT2D eigenvalue weighted by molar-refractivity contribution is 7.10. The molecule has 2 aromatic carbocycles. The summed E-state index contributed by atoms with van der Waals surface area (Å²) in [5.41, 5.74) is 0.0443. The van der Waals surface area contributed by atoms with Crippen LogP contribution in [-0.4, -0.2) is 37.6 Å². The van der Waals surface area contributed by atoms with Crippen LogP contribution in [-0.2, 0) is 22.3 Å². The van der Waals surface area contributed by atoms with Gasteiger partial charge in [-0.2, -0.15) is 18.0 Å². The van der Waals surface area contributed by atoms with Gasteiger partial charge in [-0.05, 0) is 62.6 Å². The van der Waals surface area contributed by atoms with Crippen LogP contribution in [0.1, 0.15) is 42.8 Å². The second-order valence-electron chi connectivity index (χ2n) is 9.98. The van der Waals surface area contributed by atoms with E-state index in [-0.39, 0.29) is 11.5 Å². The molecule has 0 fully saturated rings. The summed E-state index contributed by atoms with van der Waals surface area (Å²) < 4.78 is 40.8. The Kier molecular flexibility index (Phi) is 7.86. The molecule has 39 heavy (non-hydrogen) atoms. The number of rotatable bonds is 7. The van der Waals surface area contributed by atoms with Crippen molar-refractivity contribution < 1.29 is 22.8 Å². The molecule has 0 aliphatic heterocycles. The first-order chi connectivity index (χ1) is 18.3. The minimum absolute atomic E-state index is 0.0869. The predicted molar refractivity (Wildman–Crippen MR) is 142 cm³/mol. The van der Waals surface area contributed by atoms with Crippen molar-refractivity contribution in [2.24, 2.45) is 0 Å². The number of carbonyl (C=O) groups is 2. The zero-order valence-electron chi connectivity index (χ0n) is 21.7. The van der Waals surface area contributed by atoms with Gasteiger partial charge in [-0.25, -0.2) is 0 Å². The number of aryl methyl sites for hydroxylation is 1. The van der Waals surface area contributed by atoms with E-state index < -0.39 is 41.7 Å². The van der Waals surface area contributed by atoms with Crippen molar-refractivity contribution in [3.8, 4) is 11.4 Å². The Morgan fingerprint density at radius 1 is 1.05 bits per heavy atom. The van der Waals surface area contributed by atoms with E-state index in [1.165, 1.54) is 23.5 Å². The highest BCUT2D eigenvalue weighted by atomic mass is 32.1. The summed E-state index contributed by atoms with van der Waals surface area (Å²) in [5, 5.41) is 16.8. The molecule has 1 atom stereocenters. The molecule has 0 aliphatic rings. The molecular formula is C27H27F3N6O2S. The van der Waals surface area contributed by atoms with Crippen molar-refractivity contribution in [1.82, 2.24) is 25.5 Å². The number of aromatic nitrogens is 4. The Hall–Kier alpha value is -4.06. The van der Waals surface area contributed by atoms with Gasteiger partial charge in [0.15, 0.2) is 0 Å². The number of tetrazole rings is 1. The van der Waals surface area contributed by atoms with Gasteiger partial charge < -0.3 is 5.32 Å². The highest BCUT2D eigenvalue weighted by Crippen LogP contribution is 2.36. The van der Waals surface area contributed by atoms with E-state index in [0.29, 0.717) is 10.4 Å². The lowest BCUT2D eigenvalue weighted by molar-refractivity contribution is -0.137. The molecule has 8 nitrogen and oxygen atoms in total. The number of nitrogens with zero attached hydrogens (tertiary/aromatic N) is 5. The molecule has 0 bridgehead atoms. The van der Waals surface area contributed by atoms with Crippen LogP contribution in [0.2, 0.25) is 0 Å². The predicted octanol–water partition coefficient (Wildman–Crippen LogP) is 5.42. The third-order valence-electron chi connectivity index (χ3n) is 5.58. The summed E-state index contributed by atoms with van der Waals surface area (Å²) in [4.78, 5) is 30.0. The van der Waals surface area contributed by atoms with Gasteiger partial charge >= 0.3 is 6.18 Å². The molecule has 0 radical (unpaired) electrons. The fourth-order valence-corrected chi connectivity index (χ4v) is 4.67. The number of hydrogen-bond donors (Lipinski definition) is 1. The van der Waals surface area contributed by atoms with E-state index in [1.807, 2.05) is 31.2 Å². The van der Waals surface area contributed by atoms with E-state index in [9.17, 15) is 22.8 Å². The number of thiophene rings is 1. The van der Waals surface area contributed by atoms with Gasteiger partial charge in [0, 0.05) is 21.7 Å². The van der Waals surface area contributed by atoms with Crippen LogP contribution in [0.4, 0.5) is 18.9 Å². The maximum absolute atomic E-state index is 13.8. The Morgan fingerprint density at radius 3 is 2.38 bits per heavy atom. The molecule has 0 spiro atoms. The normalized spacial score (nSPS) is 12.7. The molecule has 0 aliphatic carbocycles. The van der Waals surface area contributed by atoms with Crippen LogP contribution in [0.15, 0.2) is 66.0 Å². The van der Waals surface area contributed by atoms with Gasteiger partial charge in [0.2, 0.25) is 11.7 Å². The average molecular weight is 557 g/mol. The lowest BCUT2D eigenvalue weighted by Gasteiger charge is -2.33. The molecule has 2 amide bonds. The Labute approximate surface area is 227 Å². The summed E-state index contributed by atoms with van der Waals surface area (Å²) >= 11 is 1.22. The zero-order chi connectivity index (χ0) is 28.4. The van der Waals surface area contributed by atoms with Crippen LogP contribution in [0.5, 0.6) is 0 Å². The molecule has 2 aromatic heterocycles. The average Bonchev–Trinajstić information content (AvgIpc) is 3.54. The topological polar surface area (TPSA) is 93.0 Å². The van der Waals surface area contributed by atoms with Gasteiger partial charge in [0.05, 0.1) is 5.56 Å². The van der Waals surface area contributed by atoms with Crippen LogP contribution >= 0.6 is 11.3 Å². The SMILES string of the molecule is Cc1ccc(-c2nnn(CC(=O)N(c3cccc(C(F)(F)F)c3)[C@H](C(=O)NC(C)(C)C)c3cccs3)n2)cc1. The van der Waals surface area contributed by atoms with Crippen molar-refractivity contribution >= 4 is 28.8 Å². The summed E-state index contributed by atoms with van der Waals surface area (Å²) in [6.07, 6.45) is -4.65. The smallest absolute Gasteiger partial charge is 0.349 e. The Morgan fingerprint density at radius 2 is 1.77 bits per heavy atom. The molecule has 0 unspecified atom stereocenters. The second-order valence-corrected chi connectivity index (χ2v) is 11.0. The van der Waals surface area contributed by atoms with Crippen LogP contribution < -0.4 is 10.2 Å². The van der Waals surface area contributed by atoms with Gasteiger partial charge in [0.1, 0.15) is 12.6 Å². The van der Waals surface area contributed by atoms with Gasteiger partial charge in [-0.1, -0.05) is 42.0 Å². The molecule has 204 valence electrons. The number of anilines is 1. The summed E-state index contributed by atoms with van der Waals surface area (Å²) in [6, 6.07) is 13.9. The standard InChI is InChI=1S/C27H27F3N6O2S/c1-17-10-12-18(13-11-17)24-32-34-35(33-24)16-22(37)36(20-8-5-7-19(15-20)27(28,29)30)23(21-9-6-14-39-21)25(38)31-26(2,3)4/h5-15,23H,16H2,1-4H3,(H,31,38)/t23-/m0/s1. The van der Waals surface area contributed by atoms with E-state index in [4.69, 9.17) is 0 Å². The monoisotopic (exact) mass is 556 g/mol. The summed E-state index contributed by atoms with van der Waals surface area (Å²) in [7, 11) is 0. The van der Waals surface area contributed by atoms with Crippen molar-refractivity contribution in [2.75, 3.05) is 4.90 Å². The molecule has 4 aromatic rings. The lowest BCUT2D eigenvalue weighted by atomic mass is 10.1. The van der Waals surface area contributed by atoms with E-state index in [0.717, 1.165) is 27.4 Å². The third kappa shape index (κ3) is 6.88. The van der Waals surface area contributed by atoms with E-state index >= 15 is 0 Å². The number of alkyl halides is 3. The van der Waals surface area contributed by atoms with Crippen LogP contribution in [0.3, 0.4) is 0 Å². The molecule has 2 heterocycles. The van der Waals surface area contributed by atoms with Gasteiger partial charge in [0.25, 0.3) is 5.91 Å². The van der Waals surface area contributed by atoms with Crippen molar-refractivity contribution in [1.29, 1.82) is 0 Å². The fraction of sp³-hybridized carbons (Fsp3) is 0.296. The Balaban J connectivity index is 1.75. The fourth-order valence-electron chi connectivity index (χ4n) is 3.85. The first-order valence-electron chi connectivity index (χ1n) is 12.0. The summed E-state index contributed by atoms with van der Waals surface area (Å²) in [6.45, 7) is 6.81. The maximum Gasteiger partial charge on any atom is 0.416 e.